The smallest absolute Gasteiger partial charge is 0.253 e. The zero-order chi connectivity index (χ0) is 22.6. The van der Waals surface area contributed by atoms with Crippen LogP contribution in [0.5, 0.6) is 0 Å². The molecule has 1 atom stereocenters. The van der Waals surface area contributed by atoms with Crippen LogP contribution >= 0.6 is 0 Å². The van der Waals surface area contributed by atoms with Gasteiger partial charge in [-0.2, -0.15) is 0 Å². The maximum absolute atomic E-state index is 12.9. The first-order chi connectivity index (χ1) is 16.2. The Bertz CT molecular complexity index is 1260. The van der Waals surface area contributed by atoms with Gasteiger partial charge in [-0.05, 0) is 48.0 Å². The second-order valence-electron chi connectivity index (χ2n) is 8.08. The number of H-pyrrole nitrogens is 1. The number of carbonyl (C=O) groups excluding carboxylic acids is 1. The molecule has 33 heavy (non-hydrogen) atoms. The van der Waals surface area contributed by atoms with Crippen molar-refractivity contribution in [2.45, 2.75) is 11.4 Å². The van der Waals surface area contributed by atoms with E-state index in [1.165, 1.54) is 5.56 Å². The molecule has 1 unspecified atom stereocenters. The second kappa shape index (κ2) is 9.56. The van der Waals surface area contributed by atoms with Gasteiger partial charge in [0.15, 0.2) is 0 Å². The minimum absolute atomic E-state index is 0.0179. The molecule has 2 heterocycles. The number of rotatable bonds is 6. The van der Waals surface area contributed by atoms with Gasteiger partial charge in [0, 0.05) is 44.0 Å². The standard InChI is InChI=1S/C25H25N5O2S/c31-25(30-14-12-29(13-15-30)17-19-4-2-1-3-5-19)20-6-9-22(10-7-20)33(32)28-21-8-11-23-24(16-21)27-18-26-23/h1-11,16,18,28H,12-15,17H2,(H,26,27). The number of hydrogen-bond donors (Lipinski definition) is 2. The van der Waals surface area contributed by atoms with Gasteiger partial charge in [0.25, 0.3) is 5.91 Å². The van der Waals surface area contributed by atoms with E-state index in [1.807, 2.05) is 29.2 Å². The summed E-state index contributed by atoms with van der Waals surface area (Å²) < 4.78 is 15.7. The Morgan fingerprint density at radius 3 is 2.48 bits per heavy atom. The summed E-state index contributed by atoms with van der Waals surface area (Å²) in [6.07, 6.45) is 1.63. The lowest BCUT2D eigenvalue weighted by Crippen LogP contribution is -2.48. The van der Waals surface area contributed by atoms with E-state index in [1.54, 1.807) is 30.6 Å². The first-order valence-electron chi connectivity index (χ1n) is 10.9. The molecule has 5 rings (SSSR count). The normalized spacial score (nSPS) is 15.5. The van der Waals surface area contributed by atoms with Gasteiger partial charge in [-0.25, -0.2) is 9.19 Å². The number of hydrogen-bond acceptors (Lipinski definition) is 4. The highest BCUT2D eigenvalue weighted by Gasteiger charge is 2.22. The maximum Gasteiger partial charge on any atom is 0.253 e. The van der Waals surface area contributed by atoms with Crippen LogP contribution in [0, 0.1) is 0 Å². The molecule has 8 heteroatoms. The predicted octanol–water partition coefficient (Wildman–Crippen LogP) is 3.66. The van der Waals surface area contributed by atoms with Crippen molar-refractivity contribution in [1.82, 2.24) is 19.8 Å². The lowest BCUT2D eigenvalue weighted by Gasteiger charge is -2.34. The van der Waals surface area contributed by atoms with Gasteiger partial charge < -0.3 is 14.6 Å². The number of imidazole rings is 1. The van der Waals surface area contributed by atoms with Gasteiger partial charge in [-0.1, -0.05) is 30.3 Å². The average molecular weight is 460 g/mol. The first kappa shape index (κ1) is 21.4. The van der Waals surface area contributed by atoms with Gasteiger partial charge in [-0.15, -0.1) is 0 Å². The molecule has 0 spiro atoms. The molecule has 0 bridgehead atoms. The molecule has 0 aliphatic carbocycles. The van der Waals surface area contributed by atoms with Crippen molar-refractivity contribution in [1.29, 1.82) is 0 Å². The molecule has 4 aromatic rings. The Balaban J connectivity index is 1.17. The highest BCUT2D eigenvalue weighted by atomic mass is 32.2. The minimum Gasteiger partial charge on any atom is -0.345 e. The molecule has 1 aliphatic rings. The van der Waals surface area contributed by atoms with Crippen molar-refractivity contribution in [2.24, 2.45) is 0 Å². The third kappa shape index (κ3) is 4.97. The Morgan fingerprint density at radius 1 is 0.970 bits per heavy atom. The number of amides is 1. The monoisotopic (exact) mass is 459 g/mol. The molecular formula is C25H25N5O2S. The number of nitrogens with one attached hydrogen (secondary N) is 2. The Hall–Kier alpha value is -3.49. The average Bonchev–Trinajstić information content (AvgIpc) is 3.33. The second-order valence-corrected chi connectivity index (χ2v) is 9.30. The topological polar surface area (TPSA) is 81.3 Å². The van der Waals surface area contributed by atoms with Crippen molar-refractivity contribution < 1.29 is 9.00 Å². The molecule has 1 aliphatic heterocycles. The number of aromatic nitrogens is 2. The van der Waals surface area contributed by atoms with Gasteiger partial charge in [-0.3, -0.25) is 9.69 Å². The highest BCUT2D eigenvalue weighted by molar-refractivity contribution is 7.86. The number of aromatic amines is 1. The number of piperazine rings is 1. The fourth-order valence-corrected chi connectivity index (χ4v) is 4.86. The van der Waals surface area contributed by atoms with E-state index < -0.39 is 11.0 Å². The van der Waals surface area contributed by atoms with E-state index in [2.05, 4.69) is 43.9 Å². The van der Waals surface area contributed by atoms with Crippen molar-refractivity contribution in [2.75, 3.05) is 30.9 Å². The summed E-state index contributed by atoms with van der Waals surface area (Å²) in [5.41, 5.74) is 4.38. The Morgan fingerprint density at radius 2 is 1.73 bits per heavy atom. The van der Waals surface area contributed by atoms with E-state index in [0.29, 0.717) is 23.5 Å². The zero-order valence-corrected chi connectivity index (χ0v) is 18.9. The fourth-order valence-electron chi connectivity index (χ4n) is 4.02. The van der Waals surface area contributed by atoms with Crippen LogP contribution in [0.25, 0.3) is 11.0 Å². The predicted molar refractivity (Wildman–Crippen MR) is 130 cm³/mol. The highest BCUT2D eigenvalue weighted by Crippen LogP contribution is 2.19. The van der Waals surface area contributed by atoms with Crippen LogP contribution in [-0.4, -0.2) is 56.1 Å². The van der Waals surface area contributed by atoms with Crippen molar-refractivity contribution in [3.63, 3.8) is 0 Å². The number of anilines is 1. The molecule has 1 amide bonds. The number of benzene rings is 3. The third-order valence-electron chi connectivity index (χ3n) is 5.85. The molecule has 0 saturated carbocycles. The molecule has 168 valence electrons. The van der Waals surface area contributed by atoms with Gasteiger partial charge in [0.1, 0.15) is 11.0 Å². The Labute approximate surface area is 195 Å². The van der Waals surface area contributed by atoms with Crippen LogP contribution in [0.3, 0.4) is 0 Å². The van der Waals surface area contributed by atoms with Crippen molar-refractivity contribution in [3.05, 3.63) is 90.3 Å². The fraction of sp³-hybridized carbons (Fsp3) is 0.200. The van der Waals surface area contributed by atoms with Crippen LogP contribution in [0.15, 0.2) is 84.0 Å². The van der Waals surface area contributed by atoms with Crippen LogP contribution in [0.2, 0.25) is 0 Å². The molecule has 1 aromatic heterocycles. The lowest BCUT2D eigenvalue weighted by molar-refractivity contribution is 0.0628. The van der Waals surface area contributed by atoms with E-state index >= 15 is 0 Å². The third-order valence-corrected chi connectivity index (χ3v) is 6.98. The summed E-state index contributed by atoms with van der Waals surface area (Å²) in [5.74, 6) is 0.0179. The largest absolute Gasteiger partial charge is 0.345 e. The van der Waals surface area contributed by atoms with Gasteiger partial charge in [0.2, 0.25) is 0 Å². The van der Waals surface area contributed by atoms with Crippen LogP contribution in [0.1, 0.15) is 15.9 Å². The van der Waals surface area contributed by atoms with Crippen LogP contribution in [-0.2, 0) is 17.5 Å². The summed E-state index contributed by atoms with van der Waals surface area (Å²) in [6, 6.07) is 23.0. The SMILES string of the molecule is O=C(c1ccc(S(=O)Nc2ccc3nc[nH]c3c2)cc1)N1CCN(Cc2ccccc2)CC1. The number of carbonyl (C=O) groups is 1. The van der Waals surface area contributed by atoms with E-state index in [9.17, 15) is 9.00 Å². The summed E-state index contributed by atoms with van der Waals surface area (Å²) in [4.78, 5) is 25.1. The number of fused-ring (bicyclic) bond motifs is 1. The minimum atomic E-state index is -1.43. The van der Waals surface area contributed by atoms with Crippen molar-refractivity contribution >= 4 is 33.6 Å². The molecule has 7 nitrogen and oxygen atoms in total. The molecule has 1 fully saturated rings. The van der Waals surface area contributed by atoms with Gasteiger partial charge >= 0.3 is 0 Å². The first-order valence-corrected chi connectivity index (χ1v) is 12.1. The lowest BCUT2D eigenvalue weighted by atomic mass is 10.1. The number of nitrogens with zero attached hydrogens (tertiary/aromatic N) is 3. The van der Waals surface area contributed by atoms with Crippen LogP contribution in [0.4, 0.5) is 5.69 Å². The summed E-state index contributed by atoms with van der Waals surface area (Å²) in [6.45, 7) is 4.03. The van der Waals surface area contributed by atoms with Gasteiger partial charge in [0.05, 0.1) is 22.3 Å². The summed E-state index contributed by atoms with van der Waals surface area (Å²) in [7, 11) is -1.43. The summed E-state index contributed by atoms with van der Waals surface area (Å²) >= 11 is 0. The molecule has 1 saturated heterocycles. The zero-order valence-electron chi connectivity index (χ0n) is 18.1. The Kier molecular flexibility index (Phi) is 6.19. The van der Waals surface area contributed by atoms with E-state index in [-0.39, 0.29) is 5.91 Å². The molecular weight excluding hydrogens is 434 g/mol. The van der Waals surface area contributed by atoms with E-state index in [0.717, 1.165) is 36.4 Å². The molecule has 3 aromatic carbocycles. The maximum atomic E-state index is 12.9. The molecule has 0 radical (unpaired) electrons. The van der Waals surface area contributed by atoms with Crippen molar-refractivity contribution in [3.8, 4) is 0 Å². The van der Waals surface area contributed by atoms with Crippen LogP contribution < -0.4 is 4.72 Å². The van der Waals surface area contributed by atoms with E-state index in [4.69, 9.17) is 0 Å². The molecule has 2 N–H and O–H groups in total. The quantitative estimate of drug-likeness (QED) is 0.461. The summed E-state index contributed by atoms with van der Waals surface area (Å²) in [5, 5.41) is 0.